The van der Waals surface area contributed by atoms with Gasteiger partial charge in [0, 0.05) is 36.7 Å². The van der Waals surface area contributed by atoms with Crippen LogP contribution in [0.25, 0.3) is 10.2 Å². The summed E-state index contributed by atoms with van der Waals surface area (Å²) in [4.78, 5) is 24.1. The fourth-order valence-electron chi connectivity index (χ4n) is 3.55. The van der Waals surface area contributed by atoms with E-state index < -0.39 is 0 Å². The second kappa shape index (κ2) is 7.21. The van der Waals surface area contributed by atoms with Gasteiger partial charge < -0.3 is 4.90 Å². The van der Waals surface area contributed by atoms with Crippen molar-refractivity contribution in [3.05, 3.63) is 57.5 Å². The molecule has 1 aromatic carbocycles. The molecule has 3 aromatic rings. The predicted octanol–water partition coefficient (Wildman–Crippen LogP) is 3.11. The fraction of sp³-hybridized carbons (Fsp3) is 0.400. The third-order valence-corrected chi connectivity index (χ3v) is 6.29. The number of fused-ring (bicyclic) bond motifs is 1. The summed E-state index contributed by atoms with van der Waals surface area (Å²) in [5.41, 5.74) is 2.71. The molecule has 1 fully saturated rings. The van der Waals surface area contributed by atoms with Crippen LogP contribution in [0, 0.1) is 6.92 Å². The molecule has 1 aliphatic rings. The van der Waals surface area contributed by atoms with Gasteiger partial charge in [-0.05, 0) is 31.0 Å². The van der Waals surface area contributed by atoms with E-state index in [-0.39, 0.29) is 5.56 Å². The summed E-state index contributed by atoms with van der Waals surface area (Å²) in [7, 11) is 0. The van der Waals surface area contributed by atoms with Crippen molar-refractivity contribution in [3.63, 3.8) is 0 Å². The molecule has 136 valence electrons. The van der Waals surface area contributed by atoms with Gasteiger partial charge in [0.05, 0.1) is 12.1 Å². The van der Waals surface area contributed by atoms with Crippen molar-refractivity contribution in [1.29, 1.82) is 0 Å². The van der Waals surface area contributed by atoms with E-state index in [1.165, 1.54) is 16.1 Å². The number of para-hydroxylation sites is 1. The SMILES string of the molecule is CCc1cc2c(=O)n(CN3CCN(c4ccccc4C)CC3)cnc2s1. The quantitative estimate of drug-likeness (QED) is 0.710. The highest BCUT2D eigenvalue weighted by molar-refractivity contribution is 7.18. The van der Waals surface area contributed by atoms with E-state index in [1.807, 2.05) is 6.07 Å². The highest BCUT2D eigenvalue weighted by atomic mass is 32.1. The minimum absolute atomic E-state index is 0.0762. The number of nitrogens with zero attached hydrogens (tertiary/aromatic N) is 4. The van der Waals surface area contributed by atoms with Crippen LogP contribution in [0.3, 0.4) is 0 Å². The second-order valence-electron chi connectivity index (χ2n) is 6.84. The van der Waals surface area contributed by atoms with Crippen LogP contribution in [0.2, 0.25) is 0 Å². The fourth-order valence-corrected chi connectivity index (χ4v) is 4.47. The average molecular weight is 369 g/mol. The molecule has 0 bridgehead atoms. The van der Waals surface area contributed by atoms with Crippen LogP contribution >= 0.6 is 11.3 Å². The maximum absolute atomic E-state index is 12.8. The third kappa shape index (κ3) is 3.27. The number of piperazine rings is 1. The van der Waals surface area contributed by atoms with Crippen LogP contribution in [-0.2, 0) is 13.1 Å². The van der Waals surface area contributed by atoms with Gasteiger partial charge in [-0.1, -0.05) is 25.1 Å². The van der Waals surface area contributed by atoms with E-state index in [4.69, 9.17) is 0 Å². The Bertz CT molecular complexity index is 969. The van der Waals surface area contributed by atoms with Crippen molar-refractivity contribution in [2.75, 3.05) is 31.1 Å². The van der Waals surface area contributed by atoms with E-state index in [0.717, 1.165) is 42.8 Å². The standard InChI is InChI=1S/C20H24N4OS/c1-3-16-12-17-19(26-16)21-13-24(20(17)25)14-22-8-10-23(11-9-22)18-7-5-4-6-15(18)2/h4-7,12-13H,3,8-11,14H2,1-2H3. The van der Waals surface area contributed by atoms with Crippen molar-refractivity contribution in [2.45, 2.75) is 26.9 Å². The summed E-state index contributed by atoms with van der Waals surface area (Å²) >= 11 is 1.62. The molecule has 1 aliphatic heterocycles. The highest BCUT2D eigenvalue weighted by Crippen LogP contribution is 2.22. The molecule has 2 aromatic heterocycles. The van der Waals surface area contributed by atoms with Crippen molar-refractivity contribution >= 4 is 27.2 Å². The first-order valence-corrected chi connectivity index (χ1v) is 9.98. The Morgan fingerprint density at radius 3 is 2.65 bits per heavy atom. The van der Waals surface area contributed by atoms with Gasteiger partial charge in [0.1, 0.15) is 11.2 Å². The lowest BCUT2D eigenvalue weighted by Gasteiger charge is -2.36. The molecule has 0 spiro atoms. The van der Waals surface area contributed by atoms with Crippen LogP contribution in [0.15, 0.2) is 41.5 Å². The normalized spacial score (nSPS) is 15.7. The first kappa shape index (κ1) is 17.2. The average Bonchev–Trinajstić information content (AvgIpc) is 3.10. The van der Waals surface area contributed by atoms with Crippen LogP contribution < -0.4 is 10.5 Å². The molecule has 4 rings (SSSR count). The molecule has 3 heterocycles. The van der Waals surface area contributed by atoms with Gasteiger partial charge in [-0.15, -0.1) is 11.3 Å². The summed E-state index contributed by atoms with van der Waals surface area (Å²) in [6, 6.07) is 10.5. The van der Waals surface area contributed by atoms with Crippen LogP contribution in [0.4, 0.5) is 5.69 Å². The van der Waals surface area contributed by atoms with Gasteiger partial charge in [-0.25, -0.2) is 4.98 Å². The smallest absolute Gasteiger partial charge is 0.263 e. The Morgan fingerprint density at radius 1 is 1.15 bits per heavy atom. The Morgan fingerprint density at radius 2 is 1.92 bits per heavy atom. The molecule has 0 N–H and O–H groups in total. The van der Waals surface area contributed by atoms with Gasteiger partial charge in [0.25, 0.3) is 5.56 Å². The summed E-state index contributed by atoms with van der Waals surface area (Å²) < 4.78 is 1.75. The Kier molecular flexibility index (Phi) is 4.78. The number of rotatable bonds is 4. The first-order chi connectivity index (χ1) is 12.7. The molecule has 0 radical (unpaired) electrons. The third-order valence-electron chi connectivity index (χ3n) is 5.10. The summed E-state index contributed by atoms with van der Waals surface area (Å²) in [5, 5.41) is 0.757. The second-order valence-corrected chi connectivity index (χ2v) is 7.95. The van der Waals surface area contributed by atoms with Gasteiger partial charge in [0.15, 0.2) is 0 Å². The molecule has 6 heteroatoms. The predicted molar refractivity (Wildman–Crippen MR) is 108 cm³/mol. The van der Waals surface area contributed by atoms with Crippen LogP contribution in [0.1, 0.15) is 17.4 Å². The molecular formula is C20H24N4OS. The minimum atomic E-state index is 0.0762. The molecule has 0 atom stereocenters. The Balaban J connectivity index is 1.46. The number of aryl methyl sites for hydroxylation is 2. The Labute approximate surface area is 157 Å². The minimum Gasteiger partial charge on any atom is -0.369 e. The summed E-state index contributed by atoms with van der Waals surface area (Å²) in [6.45, 7) is 8.73. The monoisotopic (exact) mass is 368 g/mol. The zero-order valence-electron chi connectivity index (χ0n) is 15.3. The van der Waals surface area contributed by atoms with Gasteiger partial charge in [0.2, 0.25) is 0 Å². The lowest BCUT2D eigenvalue weighted by Crippen LogP contribution is -2.48. The van der Waals surface area contributed by atoms with Gasteiger partial charge in [-0.2, -0.15) is 0 Å². The van der Waals surface area contributed by atoms with E-state index in [2.05, 4.69) is 52.9 Å². The van der Waals surface area contributed by atoms with E-state index in [9.17, 15) is 4.79 Å². The lowest BCUT2D eigenvalue weighted by molar-refractivity contribution is 0.202. The van der Waals surface area contributed by atoms with Gasteiger partial charge in [-0.3, -0.25) is 14.3 Å². The van der Waals surface area contributed by atoms with Crippen LogP contribution in [-0.4, -0.2) is 40.6 Å². The summed E-state index contributed by atoms with van der Waals surface area (Å²) in [6.07, 6.45) is 2.65. The maximum atomic E-state index is 12.8. The number of anilines is 1. The summed E-state index contributed by atoms with van der Waals surface area (Å²) in [5.74, 6) is 0. The molecule has 5 nitrogen and oxygen atoms in total. The lowest BCUT2D eigenvalue weighted by atomic mass is 10.1. The highest BCUT2D eigenvalue weighted by Gasteiger charge is 2.19. The van der Waals surface area contributed by atoms with E-state index >= 15 is 0 Å². The molecule has 0 saturated carbocycles. The topological polar surface area (TPSA) is 41.4 Å². The zero-order valence-corrected chi connectivity index (χ0v) is 16.1. The number of thiophene rings is 1. The number of hydrogen-bond donors (Lipinski definition) is 0. The van der Waals surface area contributed by atoms with Crippen molar-refractivity contribution in [2.24, 2.45) is 0 Å². The molecule has 0 unspecified atom stereocenters. The number of aromatic nitrogens is 2. The maximum Gasteiger partial charge on any atom is 0.263 e. The van der Waals surface area contributed by atoms with Gasteiger partial charge >= 0.3 is 0 Å². The molecule has 26 heavy (non-hydrogen) atoms. The van der Waals surface area contributed by atoms with Crippen LogP contribution in [0.5, 0.6) is 0 Å². The molecule has 0 amide bonds. The van der Waals surface area contributed by atoms with Crippen molar-refractivity contribution in [1.82, 2.24) is 14.5 Å². The Hall–Kier alpha value is -2.18. The number of benzene rings is 1. The zero-order chi connectivity index (χ0) is 18.1. The molecular weight excluding hydrogens is 344 g/mol. The molecule has 1 saturated heterocycles. The van der Waals surface area contributed by atoms with Crippen molar-refractivity contribution in [3.8, 4) is 0 Å². The van der Waals surface area contributed by atoms with E-state index in [0.29, 0.717) is 6.67 Å². The largest absolute Gasteiger partial charge is 0.369 e. The van der Waals surface area contributed by atoms with E-state index in [1.54, 1.807) is 22.2 Å². The first-order valence-electron chi connectivity index (χ1n) is 9.16. The molecule has 0 aliphatic carbocycles. The number of hydrogen-bond acceptors (Lipinski definition) is 5. The van der Waals surface area contributed by atoms with Crippen molar-refractivity contribution < 1.29 is 0 Å².